The Morgan fingerprint density at radius 1 is 1.33 bits per heavy atom. The highest BCUT2D eigenvalue weighted by Crippen LogP contribution is 2.37. The maximum absolute atomic E-state index is 13.2. The van der Waals surface area contributed by atoms with Gasteiger partial charge in [0.1, 0.15) is 0 Å². The fourth-order valence-electron chi connectivity index (χ4n) is 2.76. The number of alkyl halides is 3. The quantitative estimate of drug-likeness (QED) is 0.645. The monoisotopic (exact) mass is 417 g/mol. The third-order valence-corrected chi connectivity index (χ3v) is 5.26. The lowest BCUT2D eigenvalue weighted by molar-refractivity contribution is -0.137. The highest BCUT2D eigenvalue weighted by molar-refractivity contribution is 8.18. The van der Waals surface area contributed by atoms with Crippen LogP contribution in [0.2, 0.25) is 5.02 Å². The van der Waals surface area contributed by atoms with Crippen molar-refractivity contribution in [2.75, 3.05) is 6.54 Å². The molecule has 0 bridgehead atoms. The number of imidazole rings is 1. The van der Waals surface area contributed by atoms with Gasteiger partial charge >= 0.3 is 6.18 Å². The van der Waals surface area contributed by atoms with Crippen LogP contribution in [0.25, 0.3) is 11.7 Å². The van der Waals surface area contributed by atoms with Gasteiger partial charge in [-0.05, 0) is 36.7 Å². The van der Waals surface area contributed by atoms with Crippen LogP contribution in [0.4, 0.5) is 18.0 Å². The van der Waals surface area contributed by atoms with Crippen LogP contribution in [0.15, 0.2) is 17.2 Å². The van der Waals surface area contributed by atoms with Gasteiger partial charge in [0.25, 0.3) is 11.1 Å². The second-order valence-corrected chi connectivity index (χ2v) is 7.63. The van der Waals surface area contributed by atoms with E-state index in [2.05, 4.69) is 4.98 Å². The lowest BCUT2D eigenvalue weighted by Gasteiger charge is -2.10. The Bertz CT molecular complexity index is 982. The third-order valence-electron chi connectivity index (χ3n) is 4.07. The van der Waals surface area contributed by atoms with E-state index in [9.17, 15) is 22.8 Å². The predicted molar refractivity (Wildman–Crippen MR) is 97.6 cm³/mol. The van der Waals surface area contributed by atoms with Crippen LogP contribution in [0.5, 0.6) is 0 Å². The van der Waals surface area contributed by atoms with E-state index in [1.807, 2.05) is 13.8 Å². The van der Waals surface area contributed by atoms with Crippen LogP contribution in [-0.4, -0.2) is 32.0 Å². The first-order valence-electron chi connectivity index (χ1n) is 8.08. The maximum Gasteiger partial charge on any atom is 0.417 e. The molecule has 0 N–H and O–H groups in total. The number of carbonyl (C=O) groups excluding carboxylic acids is 2. The summed E-state index contributed by atoms with van der Waals surface area (Å²) < 4.78 is 40.8. The number of nitrogens with zero attached hydrogens (tertiary/aromatic N) is 3. The first-order chi connectivity index (χ1) is 12.5. The predicted octanol–water partition coefficient (Wildman–Crippen LogP) is 5.19. The van der Waals surface area contributed by atoms with Gasteiger partial charge in [-0.15, -0.1) is 0 Å². The lowest BCUT2D eigenvalue weighted by atomic mass is 10.1. The number of hydrogen-bond donors (Lipinski definition) is 0. The van der Waals surface area contributed by atoms with Crippen molar-refractivity contribution in [3.8, 4) is 0 Å². The molecule has 0 radical (unpaired) electrons. The summed E-state index contributed by atoms with van der Waals surface area (Å²) in [6.45, 7) is 5.55. The summed E-state index contributed by atoms with van der Waals surface area (Å²) in [4.78, 5) is 29.8. The molecule has 1 saturated heterocycles. The second kappa shape index (κ2) is 6.87. The van der Waals surface area contributed by atoms with E-state index in [0.29, 0.717) is 11.4 Å². The summed E-state index contributed by atoms with van der Waals surface area (Å²) >= 11 is 6.78. The summed E-state index contributed by atoms with van der Waals surface area (Å²) in [6, 6.07) is 0.822. The molecule has 0 atom stereocenters. The molecule has 3 rings (SSSR count). The van der Waals surface area contributed by atoms with Crippen molar-refractivity contribution in [3.05, 3.63) is 39.1 Å². The molecule has 2 aromatic rings. The molecule has 3 heterocycles. The molecule has 2 amide bonds. The smallest absolute Gasteiger partial charge is 0.298 e. The standard InChI is InChI=1S/C17H15ClF3N3O2S/c1-4-23-15(25)12(27-16(23)26)6-11-13(8(2)3)22-14-10(18)5-9(7-24(11)14)17(19,20)21/h5-8H,4H2,1-3H3/b12-6+. The van der Waals surface area contributed by atoms with Gasteiger partial charge in [-0.2, -0.15) is 13.2 Å². The number of aromatic nitrogens is 2. The average Bonchev–Trinajstić information content (AvgIpc) is 3.05. The fraction of sp³-hybridized carbons (Fsp3) is 0.353. The van der Waals surface area contributed by atoms with Gasteiger partial charge in [0.15, 0.2) is 5.65 Å². The topological polar surface area (TPSA) is 54.7 Å². The van der Waals surface area contributed by atoms with Gasteiger partial charge in [-0.3, -0.25) is 18.9 Å². The van der Waals surface area contributed by atoms with Crippen molar-refractivity contribution in [3.63, 3.8) is 0 Å². The number of likely N-dealkylation sites (N-methyl/N-ethyl adjacent to an activating group) is 1. The molecule has 27 heavy (non-hydrogen) atoms. The molecule has 5 nitrogen and oxygen atoms in total. The number of fused-ring (bicyclic) bond motifs is 1. The minimum Gasteiger partial charge on any atom is -0.298 e. The van der Waals surface area contributed by atoms with Crippen molar-refractivity contribution in [1.29, 1.82) is 0 Å². The molecule has 0 saturated carbocycles. The summed E-state index contributed by atoms with van der Waals surface area (Å²) in [5, 5.41) is -0.560. The first kappa shape index (κ1) is 19.8. The van der Waals surface area contributed by atoms with Gasteiger partial charge < -0.3 is 0 Å². The zero-order valence-corrected chi connectivity index (χ0v) is 16.2. The summed E-state index contributed by atoms with van der Waals surface area (Å²) in [6.07, 6.45) is -2.28. The van der Waals surface area contributed by atoms with Crippen molar-refractivity contribution in [2.24, 2.45) is 0 Å². The number of carbonyl (C=O) groups is 2. The summed E-state index contributed by atoms with van der Waals surface area (Å²) in [7, 11) is 0. The molecule has 0 aliphatic carbocycles. The molecule has 0 unspecified atom stereocenters. The zero-order chi connectivity index (χ0) is 20.1. The highest BCUT2D eigenvalue weighted by atomic mass is 35.5. The van der Waals surface area contributed by atoms with Gasteiger partial charge in [-0.1, -0.05) is 25.4 Å². The molecule has 0 spiro atoms. The number of imide groups is 1. The molecule has 0 aromatic carbocycles. The number of hydrogen-bond acceptors (Lipinski definition) is 4. The van der Waals surface area contributed by atoms with Crippen LogP contribution in [-0.2, 0) is 11.0 Å². The maximum atomic E-state index is 13.2. The van der Waals surface area contributed by atoms with Crippen LogP contribution >= 0.6 is 23.4 Å². The summed E-state index contributed by atoms with van der Waals surface area (Å²) in [5.74, 6) is -0.614. The molecular weight excluding hydrogens is 403 g/mol. The van der Waals surface area contributed by atoms with Gasteiger partial charge in [0.05, 0.1) is 26.9 Å². The fourth-order valence-corrected chi connectivity index (χ4v) is 3.89. The van der Waals surface area contributed by atoms with E-state index < -0.39 is 22.9 Å². The highest BCUT2D eigenvalue weighted by Gasteiger charge is 2.35. The van der Waals surface area contributed by atoms with Crippen LogP contribution < -0.4 is 0 Å². The van der Waals surface area contributed by atoms with E-state index in [4.69, 9.17) is 11.6 Å². The van der Waals surface area contributed by atoms with Gasteiger partial charge in [0, 0.05) is 12.7 Å². The Kier molecular flexibility index (Phi) is 5.02. The van der Waals surface area contributed by atoms with Crippen molar-refractivity contribution in [2.45, 2.75) is 32.9 Å². The number of pyridine rings is 1. The first-order valence-corrected chi connectivity index (χ1v) is 9.28. The molecule has 1 aliphatic heterocycles. The van der Waals surface area contributed by atoms with E-state index in [-0.39, 0.29) is 28.0 Å². The Hall–Kier alpha value is -2.00. The normalized spacial score (nSPS) is 17.2. The number of amides is 2. The molecule has 2 aromatic heterocycles. The average molecular weight is 418 g/mol. The molecule has 1 aliphatic rings. The molecular formula is C17H15ClF3N3O2S. The van der Waals surface area contributed by atoms with Gasteiger partial charge in [-0.25, -0.2) is 4.98 Å². The Morgan fingerprint density at radius 2 is 2.00 bits per heavy atom. The Labute approximate surface area is 162 Å². The molecule has 144 valence electrons. The van der Waals surface area contributed by atoms with E-state index in [1.54, 1.807) is 6.92 Å². The second-order valence-electron chi connectivity index (χ2n) is 6.23. The minimum atomic E-state index is -4.59. The van der Waals surface area contributed by atoms with E-state index >= 15 is 0 Å². The summed E-state index contributed by atoms with van der Waals surface area (Å²) in [5.41, 5.74) is 0.0208. The largest absolute Gasteiger partial charge is 0.417 e. The molecule has 1 fully saturated rings. The lowest BCUT2D eigenvalue weighted by Crippen LogP contribution is -2.27. The van der Waals surface area contributed by atoms with Crippen molar-refractivity contribution < 1.29 is 22.8 Å². The Balaban J connectivity index is 2.26. The zero-order valence-electron chi connectivity index (χ0n) is 14.6. The van der Waals surface area contributed by atoms with Crippen molar-refractivity contribution >= 4 is 46.2 Å². The molecule has 10 heteroatoms. The SMILES string of the molecule is CCN1C(=O)S/C(=C/c2c(C(C)C)nc3c(Cl)cc(C(F)(F)F)cn23)C1=O. The van der Waals surface area contributed by atoms with Crippen LogP contribution in [0.3, 0.4) is 0 Å². The third kappa shape index (κ3) is 3.45. The van der Waals surface area contributed by atoms with E-state index in [0.717, 1.165) is 28.9 Å². The number of halogens is 4. The van der Waals surface area contributed by atoms with E-state index in [1.165, 1.54) is 10.5 Å². The van der Waals surface area contributed by atoms with Gasteiger partial charge in [0.2, 0.25) is 0 Å². The van der Waals surface area contributed by atoms with Crippen LogP contribution in [0, 0.1) is 0 Å². The number of thioether (sulfide) groups is 1. The van der Waals surface area contributed by atoms with Crippen molar-refractivity contribution in [1.82, 2.24) is 14.3 Å². The Morgan fingerprint density at radius 3 is 2.52 bits per heavy atom. The number of rotatable bonds is 3. The minimum absolute atomic E-state index is 0.137. The van der Waals surface area contributed by atoms with Crippen LogP contribution in [0.1, 0.15) is 43.6 Å².